The number of hydrogen-bond acceptors (Lipinski definition) is 11. The Kier molecular flexibility index (Phi) is 36.0. The molecule has 0 bridgehead atoms. The summed E-state index contributed by atoms with van der Waals surface area (Å²) in [6, 6.07) is 24.9. The average Bonchev–Trinajstić information content (AvgIpc) is 3.50. The van der Waals surface area contributed by atoms with Gasteiger partial charge in [-0.25, -0.2) is 4.79 Å². The number of nitrogens with one attached hydrogen (secondary N) is 1. The van der Waals surface area contributed by atoms with E-state index in [1.807, 2.05) is 30.3 Å². The number of ether oxygens (including phenoxy) is 4. The molecule has 3 aromatic carbocycles. The maximum Gasteiger partial charge on any atom is 0.377 e. The number of esters is 2. The van der Waals surface area contributed by atoms with Crippen molar-refractivity contribution >= 4 is 35.8 Å². The third-order valence-electron chi connectivity index (χ3n) is 15.7. The fraction of sp³-hybridized carbons (Fsp3) is 0.687. The average molecular weight is 1170 g/mol. The highest BCUT2D eigenvalue weighted by Crippen LogP contribution is 2.48. The Hall–Kier alpha value is -4.04. The molecule has 1 amide bonds. The number of aliphatic hydroxyl groups is 2. The van der Waals surface area contributed by atoms with Gasteiger partial charge in [0.15, 0.2) is 12.4 Å². The van der Waals surface area contributed by atoms with Crippen LogP contribution in [0.25, 0.3) is 0 Å². The molecule has 82 heavy (non-hydrogen) atoms. The van der Waals surface area contributed by atoms with E-state index in [0.29, 0.717) is 19.3 Å². The number of carbonyl (C=O) groups is 3. The highest BCUT2D eigenvalue weighted by molar-refractivity contribution is 7.74. The molecule has 15 heteroatoms. The molecule has 1 fully saturated rings. The van der Waals surface area contributed by atoms with Crippen LogP contribution in [0, 0.1) is 0 Å². The SMILES string of the molecule is CCCCCCCCCCCCC(F)(F)C(=O)O[C@H](CCCCCCCCCCC)CC(=O)O[C@H]1[C@H](OP(=O)(c2ccccc2)c2ccccc2)[C@@H](CO)OC(O)[C@@H]1NC(=O)C[C@@H](CCCCCCCCCCC)OCc1ccccc1. The molecule has 3 N–H and O–H groups in total. The molecule has 0 aromatic heterocycles. The third kappa shape index (κ3) is 27.3. The summed E-state index contributed by atoms with van der Waals surface area (Å²) in [4.78, 5) is 42.4. The zero-order valence-corrected chi connectivity index (χ0v) is 51.1. The van der Waals surface area contributed by atoms with E-state index in [9.17, 15) is 24.6 Å². The summed E-state index contributed by atoms with van der Waals surface area (Å²) >= 11 is 0. The summed E-state index contributed by atoms with van der Waals surface area (Å²) in [5.41, 5.74) is 0.930. The van der Waals surface area contributed by atoms with Gasteiger partial charge in [0.1, 0.15) is 24.4 Å². The number of carbonyl (C=O) groups excluding carboxylic acids is 3. The van der Waals surface area contributed by atoms with Crippen molar-refractivity contribution in [1.29, 1.82) is 0 Å². The molecule has 1 heterocycles. The van der Waals surface area contributed by atoms with Crippen LogP contribution >= 0.6 is 7.37 Å². The van der Waals surface area contributed by atoms with Crippen LogP contribution in [-0.2, 0) is 49.0 Å². The van der Waals surface area contributed by atoms with Crippen molar-refractivity contribution in [2.24, 2.45) is 0 Å². The molecular weight excluding hydrogens is 1060 g/mol. The van der Waals surface area contributed by atoms with E-state index in [-0.39, 0.29) is 36.5 Å². The van der Waals surface area contributed by atoms with E-state index in [0.717, 1.165) is 95.5 Å². The molecule has 4 rings (SSSR count). The maximum absolute atomic E-state index is 15.7. The van der Waals surface area contributed by atoms with E-state index < -0.39 is 93.4 Å². The first-order valence-corrected chi connectivity index (χ1v) is 33.5. The van der Waals surface area contributed by atoms with Crippen LogP contribution in [0.4, 0.5) is 8.78 Å². The van der Waals surface area contributed by atoms with Crippen LogP contribution in [0.5, 0.6) is 0 Å². The van der Waals surface area contributed by atoms with Gasteiger partial charge in [-0.3, -0.25) is 14.2 Å². The lowest BCUT2D eigenvalue weighted by molar-refractivity contribution is -0.254. The van der Waals surface area contributed by atoms with E-state index in [4.69, 9.17) is 23.5 Å². The van der Waals surface area contributed by atoms with Crippen LogP contribution in [-0.4, -0.2) is 83.4 Å². The van der Waals surface area contributed by atoms with Gasteiger partial charge in [0.05, 0.1) is 32.2 Å². The van der Waals surface area contributed by atoms with Crippen LogP contribution < -0.4 is 15.9 Å². The lowest BCUT2D eigenvalue weighted by Gasteiger charge is -2.45. The molecule has 1 saturated heterocycles. The van der Waals surface area contributed by atoms with Crippen molar-refractivity contribution in [3.8, 4) is 0 Å². The van der Waals surface area contributed by atoms with Gasteiger partial charge in [0.25, 0.3) is 7.37 Å². The van der Waals surface area contributed by atoms with Gasteiger partial charge in [-0.05, 0) is 55.5 Å². The van der Waals surface area contributed by atoms with Gasteiger partial charge in [0, 0.05) is 17.0 Å². The van der Waals surface area contributed by atoms with Crippen LogP contribution in [0.15, 0.2) is 91.0 Å². The molecule has 0 aliphatic carbocycles. The minimum Gasteiger partial charge on any atom is -0.457 e. The fourth-order valence-electron chi connectivity index (χ4n) is 10.8. The monoisotopic (exact) mass is 1170 g/mol. The highest BCUT2D eigenvalue weighted by atomic mass is 31.2. The van der Waals surface area contributed by atoms with E-state index in [2.05, 4.69) is 26.1 Å². The molecule has 462 valence electrons. The first-order chi connectivity index (χ1) is 39.8. The van der Waals surface area contributed by atoms with Gasteiger partial charge in [-0.1, -0.05) is 254 Å². The maximum atomic E-state index is 15.7. The van der Waals surface area contributed by atoms with Gasteiger partial charge in [-0.15, -0.1) is 0 Å². The summed E-state index contributed by atoms with van der Waals surface area (Å²) < 4.78 is 77.8. The van der Waals surface area contributed by atoms with E-state index in [1.54, 1.807) is 60.7 Å². The van der Waals surface area contributed by atoms with Crippen molar-refractivity contribution in [3.05, 3.63) is 96.6 Å². The van der Waals surface area contributed by atoms with Crippen molar-refractivity contribution < 1.29 is 61.4 Å². The van der Waals surface area contributed by atoms with Crippen molar-refractivity contribution in [2.45, 2.75) is 288 Å². The number of unbranched alkanes of at least 4 members (excludes halogenated alkanes) is 25. The molecule has 12 nitrogen and oxygen atoms in total. The lowest BCUT2D eigenvalue weighted by atomic mass is 9.96. The topological polar surface area (TPSA) is 167 Å². The third-order valence-corrected chi connectivity index (χ3v) is 18.2. The van der Waals surface area contributed by atoms with E-state index >= 15 is 13.3 Å². The second-order valence-corrected chi connectivity index (χ2v) is 25.2. The molecule has 7 atom stereocenters. The molecule has 0 saturated carbocycles. The minimum atomic E-state index is -4.16. The predicted molar refractivity (Wildman–Crippen MR) is 324 cm³/mol. The smallest absolute Gasteiger partial charge is 0.377 e. The normalized spacial score (nSPS) is 18.2. The lowest BCUT2D eigenvalue weighted by Crippen LogP contribution is -2.66. The van der Waals surface area contributed by atoms with Crippen LogP contribution in [0.1, 0.15) is 238 Å². The molecule has 1 aliphatic rings. The Bertz CT molecular complexity index is 2130. The summed E-state index contributed by atoms with van der Waals surface area (Å²) in [7, 11) is -4.16. The highest BCUT2D eigenvalue weighted by Gasteiger charge is 2.52. The van der Waals surface area contributed by atoms with Crippen molar-refractivity contribution in [2.75, 3.05) is 6.61 Å². The zero-order valence-electron chi connectivity index (χ0n) is 50.2. The minimum absolute atomic E-state index is 0.0985. The molecule has 3 aromatic rings. The predicted octanol–water partition coefficient (Wildman–Crippen LogP) is 15.5. The van der Waals surface area contributed by atoms with Crippen LogP contribution in [0.2, 0.25) is 0 Å². The van der Waals surface area contributed by atoms with E-state index in [1.165, 1.54) is 70.6 Å². The Morgan fingerprint density at radius 1 is 0.585 bits per heavy atom. The van der Waals surface area contributed by atoms with Gasteiger partial charge >= 0.3 is 17.9 Å². The molecule has 1 unspecified atom stereocenters. The first kappa shape index (κ1) is 70.4. The molecule has 1 aliphatic heterocycles. The molecule has 0 spiro atoms. The summed E-state index contributed by atoms with van der Waals surface area (Å²) in [6.45, 7) is 6.02. The van der Waals surface area contributed by atoms with Crippen molar-refractivity contribution in [1.82, 2.24) is 5.32 Å². The van der Waals surface area contributed by atoms with Crippen molar-refractivity contribution in [3.63, 3.8) is 0 Å². The second-order valence-electron chi connectivity index (χ2n) is 22.8. The fourth-order valence-corrected chi connectivity index (χ4v) is 13.1. The summed E-state index contributed by atoms with van der Waals surface area (Å²) in [6.07, 6.45) is 19.0. The summed E-state index contributed by atoms with van der Waals surface area (Å²) in [5, 5.41) is 26.1. The summed E-state index contributed by atoms with van der Waals surface area (Å²) in [5.74, 6) is -7.08. The van der Waals surface area contributed by atoms with Crippen LogP contribution in [0.3, 0.4) is 0 Å². The molecule has 0 radical (unpaired) electrons. The van der Waals surface area contributed by atoms with Gasteiger partial charge in [0.2, 0.25) is 5.91 Å². The Morgan fingerprint density at radius 3 is 1.48 bits per heavy atom. The van der Waals surface area contributed by atoms with Gasteiger partial charge in [-0.2, -0.15) is 8.78 Å². The number of benzene rings is 3. The number of alkyl halides is 2. The number of rotatable bonds is 47. The number of aliphatic hydroxyl groups excluding tert-OH is 2. The largest absolute Gasteiger partial charge is 0.457 e. The Morgan fingerprint density at radius 2 is 1.01 bits per heavy atom. The second kappa shape index (κ2) is 41.9. The number of amides is 1. The number of halogens is 2. The first-order valence-electron chi connectivity index (χ1n) is 31.9. The number of hydrogen-bond donors (Lipinski definition) is 3. The zero-order chi connectivity index (χ0) is 59.1. The Balaban J connectivity index is 1.60. The van der Waals surface area contributed by atoms with Gasteiger partial charge < -0.3 is 39.0 Å². The quantitative estimate of drug-likeness (QED) is 0.0280. The molecular formula is C67H104F2NO11P. The standard InChI is InChI=1S/C67H104F2NO11P/c1-4-7-10-13-16-19-22-25-28-40-49-67(68,69)66(75)78-56(44-35-27-24-21-18-15-12-9-6-3)51-61(73)80-64-62(65(74)79-59(52-71)63(64)81-82(76,57-45-36-30-37-46-57)58-47-38-31-39-48-58)70-60(72)50-55(77-53-54-41-32-29-33-42-54)43-34-26-23-20-17-14-11-8-5-2/h29-33,36-39,41-42,45-48,55-56,59,62-65,71,74H,4-28,34-35,40,43-44,49-53H2,1-3H3,(H,70,72)/t55-,56-,59-,62-,63-,64-,65?/m1/s1. The Labute approximate surface area is 491 Å².